The molecule has 1 aliphatic carbocycles. The number of aromatic nitrogens is 2. The summed E-state index contributed by atoms with van der Waals surface area (Å²) in [7, 11) is 1.36. The van der Waals surface area contributed by atoms with E-state index in [2.05, 4.69) is 10.4 Å². The first-order valence-electron chi connectivity index (χ1n) is 9.58. The topological polar surface area (TPSA) is 76.5 Å². The van der Waals surface area contributed by atoms with E-state index in [1.165, 1.54) is 13.2 Å². The molecule has 1 N–H and O–H groups in total. The van der Waals surface area contributed by atoms with Crippen molar-refractivity contribution in [3.05, 3.63) is 47.0 Å². The second-order valence-electron chi connectivity index (χ2n) is 7.20. The van der Waals surface area contributed by atoms with E-state index in [0.717, 1.165) is 30.5 Å². The lowest BCUT2D eigenvalue weighted by atomic mass is 10.0. The van der Waals surface area contributed by atoms with Gasteiger partial charge in [-0.3, -0.25) is 4.79 Å². The number of fused-ring (bicyclic) bond motifs is 1. The van der Waals surface area contributed by atoms with Gasteiger partial charge in [0.1, 0.15) is 11.5 Å². The van der Waals surface area contributed by atoms with Crippen LogP contribution in [0.25, 0.3) is 5.69 Å². The van der Waals surface area contributed by atoms with Crippen LogP contribution in [0.4, 0.5) is 9.18 Å². The van der Waals surface area contributed by atoms with E-state index in [-0.39, 0.29) is 23.9 Å². The van der Waals surface area contributed by atoms with Crippen molar-refractivity contribution in [2.75, 3.05) is 20.2 Å². The number of para-hydroxylation sites is 1. The van der Waals surface area contributed by atoms with Crippen molar-refractivity contribution in [3.8, 4) is 5.69 Å². The van der Waals surface area contributed by atoms with E-state index >= 15 is 0 Å². The maximum absolute atomic E-state index is 14.3. The Labute approximate surface area is 162 Å². The fourth-order valence-electron chi connectivity index (χ4n) is 4.03. The van der Waals surface area contributed by atoms with Crippen molar-refractivity contribution in [3.63, 3.8) is 0 Å². The van der Waals surface area contributed by atoms with Gasteiger partial charge in [0, 0.05) is 30.4 Å². The predicted octanol–water partition coefficient (Wildman–Crippen LogP) is 2.46. The van der Waals surface area contributed by atoms with Crippen LogP contribution >= 0.6 is 0 Å². The molecule has 2 aromatic rings. The summed E-state index contributed by atoms with van der Waals surface area (Å²) in [6.45, 7) is 1.08. The van der Waals surface area contributed by atoms with Gasteiger partial charge in [0.2, 0.25) is 0 Å². The number of hydrogen-bond donors (Lipinski definition) is 1. The Kier molecular flexibility index (Phi) is 5.02. The molecule has 28 heavy (non-hydrogen) atoms. The third-order valence-electron chi connectivity index (χ3n) is 5.49. The molecular weight excluding hydrogens is 363 g/mol. The minimum Gasteiger partial charge on any atom is -0.453 e. The first-order valence-corrected chi connectivity index (χ1v) is 9.58. The summed E-state index contributed by atoms with van der Waals surface area (Å²) >= 11 is 0. The molecule has 7 nitrogen and oxygen atoms in total. The van der Waals surface area contributed by atoms with Crippen LogP contribution in [0, 0.1) is 5.82 Å². The van der Waals surface area contributed by atoms with Crippen LogP contribution in [-0.4, -0.2) is 52.9 Å². The van der Waals surface area contributed by atoms with Gasteiger partial charge in [-0.25, -0.2) is 13.9 Å². The number of nitrogens with zero attached hydrogens (tertiary/aromatic N) is 3. The van der Waals surface area contributed by atoms with Crippen molar-refractivity contribution < 1.29 is 18.7 Å². The lowest BCUT2D eigenvalue weighted by Crippen LogP contribution is -2.46. The Morgan fingerprint density at radius 2 is 1.96 bits per heavy atom. The van der Waals surface area contributed by atoms with Gasteiger partial charge in [-0.2, -0.15) is 5.10 Å². The molecule has 1 fully saturated rings. The molecule has 148 valence electrons. The fourth-order valence-corrected chi connectivity index (χ4v) is 4.03. The van der Waals surface area contributed by atoms with E-state index in [1.807, 2.05) is 0 Å². The number of carbonyl (C=O) groups is 2. The van der Waals surface area contributed by atoms with Gasteiger partial charge in [0.15, 0.2) is 5.69 Å². The molecule has 1 saturated heterocycles. The number of benzene rings is 1. The van der Waals surface area contributed by atoms with E-state index in [0.29, 0.717) is 37.3 Å². The molecule has 0 saturated carbocycles. The number of carbonyl (C=O) groups excluding carboxylic acids is 2. The normalized spacial score (nSPS) is 16.7. The highest BCUT2D eigenvalue weighted by Gasteiger charge is 2.30. The van der Waals surface area contributed by atoms with Crippen LogP contribution in [0.1, 0.15) is 41.0 Å². The minimum absolute atomic E-state index is 0.0240. The Morgan fingerprint density at radius 1 is 1.21 bits per heavy atom. The summed E-state index contributed by atoms with van der Waals surface area (Å²) in [5.74, 6) is -0.591. The summed E-state index contributed by atoms with van der Waals surface area (Å²) in [5, 5.41) is 7.50. The smallest absolute Gasteiger partial charge is 0.409 e. The molecule has 0 bridgehead atoms. The molecule has 2 heterocycles. The number of amides is 2. The van der Waals surface area contributed by atoms with Crippen molar-refractivity contribution in [1.82, 2.24) is 20.0 Å². The first-order chi connectivity index (χ1) is 13.6. The zero-order chi connectivity index (χ0) is 19.7. The third kappa shape index (κ3) is 3.34. The van der Waals surface area contributed by atoms with Gasteiger partial charge in [0.25, 0.3) is 5.91 Å². The lowest BCUT2D eigenvalue weighted by Gasteiger charge is -2.31. The van der Waals surface area contributed by atoms with Crippen molar-refractivity contribution in [1.29, 1.82) is 0 Å². The van der Waals surface area contributed by atoms with Gasteiger partial charge in [0.05, 0.1) is 7.11 Å². The number of likely N-dealkylation sites (tertiary alicyclic amines) is 1. The van der Waals surface area contributed by atoms with Crippen LogP contribution in [0.3, 0.4) is 0 Å². The molecule has 0 spiro atoms. The maximum atomic E-state index is 14.3. The highest BCUT2D eigenvalue weighted by molar-refractivity contribution is 5.94. The number of hydrogen-bond acceptors (Lipinski definition) is 4. The Bertz CT molecular complexity index is 903. The van der Waals surface area contributed by atoms with Gasteiger partial charge < -0.3 is 15.0 Å². The monoisotopic (exact) mass is 386 g/mol. The highest BCUT2D eigenvalue weighted by atomic mass is 19.1. The maximum Gasteiger partial charge on any atom is 0.409 e. The number of halogens is 1. The number of methoxy groups -OCH3 is 1. The largest absolute Gasteiger partial charge is 0.453 e. The number of ether oxygens (including phenoxy) is 1. The van der Waals surface area contributed by atoms with E-state index < -0.39 is 0 Å². The molecule has 0 radical (unpaired) electrons. The second-order valence-corrected chi connectivity index (χ2v) is 7.20. The Morgan fingerprint density at radius 3 is 2.68 bits per heavy atom. The average Bonchev–Trinajstić information content (AvgIpc) is 3.31. The van der Waals surface area contributed by atoms with Crippen LogP contribution in [0.2, 0.25) is 0 Å². The van der Waals surface area contributed by atoms with E-state index in [9.17, 15) is 14.0 Å². The zero-order valence-electron chi connectivity index (χ0n) is 15.8. The molecule has 0 atom stereocenters. The van der Waals surface area contributed by atoms with Crippen molar-refractivity contribution in [2.24, 2.45) is 0 Å². The number of rotatable bonds is 3. The molecule has 4 rings (SSSR count). The average molecular weight is 386 g/mol. The quantitative estimate of drug-likeness (QED) is 0.879. The number of piperidine rings is 1. The predicted molar refractivity (Wildman–Crippen MR) is 100 cm³/mol. The second kappa shape index (κ2) is 7.61. The zero-order valence-corrected chi connectivity index (χ0v) is 15.8. The van der Waals surface area contributed by atoms with Crippen LogP contribution in [-0.2, 0) is 17.6 Å². The van der Waals surface area contributed by atoms with Crippen LogP contribution in [0.15, 0.2) is 24.3 Å². The lowest BCUT2D eigenvalue weighted by molar-refractivity contribution is 0.0886. The molecular formula is C20H23FN4O3. The summed E-state index contributed by atoms with van der Waals surface area (Å²) in [5.41, 5.74) is 2.57. The summed E-state index contributed by atoms with van der Waals surface area (Å²) in [6.07, 6.45) is 3.47. The molecule has 1 aliphatic heterocycles. The van der Waals surface area contributed by atoms with E-state index in [4.69, 9.17) is 4.74 Å². The highest BCUT2D eigenvalue weighted by Crippen LogP contribution is 2.29. The van der Waals surface area contributed by atoms with Crippen molar-refractivity contribution in [2.45, 2.75) is 38.1 Å². The minimum atomic E-state index is -0.359. The van der Waals surface area contributed by atoms with Crippen LogP contribution < -0.4 is 5.32 Å². The molecule has 1 aromatic heterocycles. The number of nitrogens with one attached hydrogen (secondary N) is 1. The summed E-state index contributed by atoms with van der Waals surface area (Å²) < 4.78 is 20.6. The van der Waals surface area contributed by atoms with Crippen molar-refractivity contribution >= 4 is 12.0 Å². The standard InChI is InChI=1S/C20H23FN4O3/c1-28-20(27)24-11-9-13(10-12-24)22-19(26)18-14-5-4-8-16(14)25(23-18)17-7-3-2-6-15(17)21/h2-3,6-7,13H,4-5,8-12H2,1H3,(H,22,26). The van der Waals surface area contributed by atoms with E-state index in [1.54, 1.807) is 27.8 Å². The van der Waals surface area contributed by atoms with Gasteiger partial charge in [-0.1, -0.05) is 12.1 Å². The molecule has 8 heteroatoms. The Hall–Kier alpha value is -2.90. The molecule has 0 unspecified atom stereocenters. The van der Waals surface area contributed by atoms with Gasteiger partial charge in [-0.15, -0.1) is 0 Å². The fraction of sp³-hybridized carbons (Fsp3) is 0.450. The Balaban J connectivity index is 1.51. The third-order valence-corrected chi connectivity index (χ3v) is 5.49. The summed E-state index contributed by atoms with van der Waals surface area (Å²) in [6, 6.07) is 6.44. The SMILES string of the molecule is COC(=O)N1CCC(NC(=O)c2nn(-c3ccccc3F)c3c2CCC3)CC1. The molecule has 2 amide bonds. The van der Waals surface area contributed by atoms with Gasteiger partial charge in [-0.05, 0) is 44.2 Å². The first kappa shape index (κ1) is 18.5. The van der Waals surface area contributed by atoms with Gasteiger partial charge >= 0.3 is 6.09 Å². The van der Waals surface area contributed by atoms with Crippen LogP contribution in [0.5, 0.6) is 0 Å². The summed E-state index contributed by atoms with van der Waals surface area (Å²) in [4.78, 5) is 26.1. The molecule has 2 aliphatic rings. The molecule has 1 aromatic carbocycles.